The first-order chi connectivity index (χ1) is 13.5. The summed E-state index contributed by atoms with van der Waals surface area (Å²) >= 11 is 0. The highest BCUT2D eigenvalue weighted by Gasteiger charge is 2.33. The van der Waals surface area contributed by atoms with E-state index in [1.165, 1.54) is 37.5 Å². The molecule has 1 fully saturated rings. The number of hydrogen-bond acceptors (Lipinski definition) is 5. The summed E-state index contributed by atoms with van der Waals surface area (Å²) < 4.78 is 22.7. The van der Waals surface area contributed by atoms with E-state index >= 15 is 0 Å². The Morgan fingerprint density at radius 2 is 1.79 bits per heavy atom. The number of imide groups is 1. The molecule has 1 N–H and O–H groups in total. The minimum atomic E-state index is -0.543. The van der Waals surface area contributed by atoms with Gasteiger partial charge in [0.05, 0.1) is 13.7 Å². The second-order valence-corrected chi connectivity index (χ2v) is 5.94. The molecule has 2 aromatic carbocycles. The van der Waals surface area contributed by atoms with Crippen LogP contribution in [0.15, 0.2) is 54.2 Å². The number of ether oxygens (including phenoxy) is 2. The molecule has 0 bridgehead atoms. The second-order valence-electron chi connectivity index (χ2n) is 5.94. The van der Waals surface area contributed by atoms with Gasteiger partial charge in [0, 0.05) is 0 Å². The molecule has 28 heavy (non-hydrogen) atoms. The SMILES string of the molecule is COC(=O)COc1ccc(/C=C2/NC(=O)N(Cc3ccc(F)cc3)C2=O)cc1. The maximum atomic E-state index is 13.0. The van der Waals surface area contributed by atoms with Crippen LogP contribution in [0.4, 0.5) is 9.18 Å². The maximum Gasteiger partial charge on any atom is 0.343 e. The molecule has 144 valence electrons. The van der Waals surface area contributed by atoms with Gasteiger partial charge in [-0.15, -0.1) is 0 Å². The van der Waals surface area contributed by atoms with Gasteiger partial charge in [0.2, 0.25) is 0 Å². The Balaban J connectivity index is 1.67. The van der Waals surface area contributed by atoms with Crippen LogP contribution in [0.1, 0.15) is 11.1 Å². The maximum absolute atomic E-state index is 13.0. The predicted molar refractivity (Wildman–Crippen MR) is 97.4 cm³/mol. The number of nitrogens with zero attached hydrogens (tertiary/aromatic N) is 1. The number of amides is 3. The van der Waals surface area contributed by atoms with Gasteiger partial charge < -0.3 is 14.8 Å². The van der Waals surface area contributed by atoms with Gasteiger partial charge in [-0.25, -0.2) is 14.0 Å². The Morgan fingerprint density at radius 1 is 1.11 bits per heavy atom. The van der Waals surface area contributed by atoms with Gasteiger partial charge in [-0.05, 0) is 41.5 Å². The Morgan fingerprint density at radius 3 is 2.43 bits per heavy atom. The molecule has 0 radical (unpaired) electrons. The Bertz CT molecular complexity index is 923. The van der Waals surface area contributed by atoms with E-state index in [1.54, 1.807) is 24.3 Å². The topological polar surface area (TPSA) is 84.9 Å². The molecule has 1 saturated heterocycles. The monoisotopic (exact) mass is 384 g/mol. The van der Waals surface area contributed by atoms with Crippen molar-refractivity contribution >= 4 is 24.0 Å². The number of carbonyl (C=O) groups is 3. The van der Waals surface area contributed by atoms with E-state index in [-0.39, 0.29) is 24.7 Å². The van der Waals surface area contributed by atoms with Crippen LogP contribution in [0.3, 0.4) is 0 Å². The lowest BCUT2D eigenvalue weighted by Gasteiger charge is -2.11. The first-order valence-electron chi connectivity index (χ1n) is 8.35. The molecule has 0 spiro atoms. The summed E-state index contributed by atoms with van der Waals surface area (Å²) in [7, 11) is 1.27. The molecule has 8 heteroatoms. The molecule has 1 aliphatic rings. The fourth-order valence-electron chi connectivity index (χ4n) is 2.52. The molecular formula is C20H17FN2O5. The zero-order valence-corrected chi connectivity index (χ0v) is 15.0. The molecule has 0 unspecified atom stereocenters. The number of carbonyl (C=O) groups excluding carboxylic acids is 3. The van der Waals surface area contributed by atoms with Crippen LogP contribution in [0, 0.1) is 5.82 Å². The number of urea groups is 1. The zero-order valence-electron chi connectivity index (χ0n) is 15.0. The van der Waals surface area contributed by atoms with Crippen molar-refractivity contribution in [2.45, 2.75) is 6.54 Å². The quantitative estimate of drug-likeness (QED) is 0.470. The first kappa shape index (κ1) is 19.1. The number of methoxy groups -OCH3 is 1. The highest BCUT2D eigenvalue weighted by Crippen LogP contribution is 2.19. The Labute approximate surface area is 160 Å². The van der Waals surface area contributed by atoms with Crippen molar-refractivity contribution in [2.24, 2.45) is 0 Å². The first-order valence-corrected chi connectivity index (χ1v) is 8.35. The number of esters is 1. The predicted octanol–water partition coefficient (Wildman–Crippen LogP) is 2.47. The molecule has 0 atom stereocenters. The molecule has 0 aromatic heterocycles. The van der Waals surface area contributed by atoms with E-state index < -0.39 is 17.9 Å². The standard InChI is InChI=1S/C20H17FN2O5/c1-27-18(24)12-28-16-8-4-13(5-9-16)10-17-19(25)23(20(26)22-17)11-14-2-6-15(21)7-3-14/h2-10H,11-12H2,1H3,(H,22,26)/b17-10+. The van der Waals surface area contributed by atoms with Gasteiger partial charge in [0.15, 0.2) is 6.61 Å². The van der Waals surface area contributed by atoms with Crippen LogP contribution in [0.5, 0.6) is 5.75 Å². The minimum absolute atomic E-state index is 0.0442. The summed E-state index contributed by atoms with van der Waals surface area (Å²) in [6.45, 7) is -0.160. The third-order valence-corrected chi connectivity index (χ3v) is 3.99. The molecule has 1 aliphatic heterocycles. The summed E-state index contributed by atoms with van der Waals surface area (Å²) in [6.07, 6.45) is 1.54. The number of nitrogens with one attached hydrogen (secondary N) is 1. The lowest BCUT2D eigenvalue weighted by atomic mass is 10.1. The van der Waals surface area contributed by atoms with Gasteiger partial charge in [-0.3, -0.25) is 9.69 Å². The van der Waals surface area contributed by atoms with Gasteiger partial charge in [0.1, 0.15) is 17.3 Å². The van der Waals surface area contributed by atoms with Crippen molar-refractivity contribution in [3.63, 3.8) is 0 Å². The molecule has 3 amide bonds. The van der Waals surface area contributed by atoms with Crippen molar-refractivity contribution in [3.05, 3.63) is 71.2 Å². The summed E-state index contributed by atoms with van der Waals surface area (Å²) in [5, 5.41) is 2.53. The van der Waals surface area contributed by atoms with E-state index in [1.807, 2.05) is 0 Å². The van der Waals surface area contributed by atoms with Gasteiger partial charge in [0.25, 0.3) is 5.91 Å². The van der Waals surface area contributed by atoms with Crippen LogP contribution in [0.2, 0.25) is 0 Å². The Hall–Kier alpha value is -3.68. The van der Waals surface area contributed by atoms with Crippen LogP contribution in [-0.4, -0.2) is 36.5 Å². The van der Waals surface area contributed by atoms with Gasteiger partial charge >= 0.3 is 12.0 Å². The third kappa shape index (κ3) is 4.53. The van der Waals surface area contributed by atoms with Crippen LogP contribution < -0.4 is 10.1 Å². The van der Waals surface area contributed by atoms with E-state index in [4.69, 9.17) is 4.74 Å². The molecule has 0 saturated carbocycles. The summed E-state index contributed by atoms with van der Waals surface area (Å²) in [4.78, 5) is 36.7. The highest BCUT2D eigenvalue weighted by molar-refractivity contribution is 6.13. The molecular weight excluding hydrogens is 367 g/mol. The van der Waals surface area contributed by atoms with E-state index in [9.17, 15) is 18.8 Å². The average molecular weight is 384 g/mol. The zero-order chi connectivity index (χ0) is 20.1. The molecule has 3 rings (SSSR count). The largest absolute Gasteiger partial charge is 0.482 e. The van der Waals surface area contributed by atoms with Crippen molar-refractivity contribution in [1.82, 2.24) is 10.2 Å². The fourth-order valence-corrected chi connectivity index (χ4v) is 2.52. The van der Waals surface area contributed by atoms with Crippen molar-refractivity contribution in [3.8, 4) is 5.75 Å². The normalized spacial score (nSPS) is 14.9. The number of rotatable bonds is 6. The van der Waals surface area contributed by atoms with Crippen LogP contribution in [0.25, 0.3) is 6.08 Å². The highest BCUT2D eigenvalue weighted by atomic mass is 19.1. The smallest absolute Gasteiger partial charge is 0.343 e. The lowest BCUT2D eigenvalue weighted by molar-refractivity contribution is -0.142. The number of benzene rings is 2. The summed E-state index contributed by atoms with van der Waals surface area (Å²) in [6, 6.07) is 11.7. The summed E-state index contributed by atoms with van der Waals surface area (Å²) in [5.41, 5.74) is 1.44. The van der Waals surface area contributed by atoms with E-state index in [0.29, 0.717) is 16.9 Å². The summed E-state index contributed by atoms with van der Waals surface area (Å²) in [5.74, 6) is -0.889. The van der Waals surface area contributed by atoms with Gasteiger partial charge in [-0.1, -0.05) is 24.3 Å². The fraction of sp³-hybridized carbons (Fsp3) is 0.150. The Kier molecular flexibility index (Phi) is 5.69. The van der Waals surface area contributed by atoms with Crippen LogP contribution in [-0.2, 0) is 20.9 Å². The van der Waals surface area contributed by atoms with Crippen LogP contribution >= 0.6 is 0 Å². The van der Waals surface area contributed by atoms with E-state index in [0.717, 1.165) is 4.90 Å². The lowest BCUT2D eigenvalue weighted by Crippen LogP contribution is -2.30. The molecule has 2 aromatic rings. The van der Waals surface area contributed by atoms with Gasteiger partial charge in [-0.2, -0.15) is 0 Å². The minimum Gasteiger partial charge on any atom is -0.482 e. The molecule has 1 heterocycles. The second kappa shape index (κ2) is 8.34. The number of halogens is 1. The van der Waals surface area contributed by atoms with Crippen molar-refractivity contribution in [1.29, 1.82) is 0 Å². The molecule has 0 aliphatic carbocycles. The third-order valence-electron chi connectivity index (χ3n) is 3.99. The van der Waals surface area contributed by atoms with Crippen molar-refractivity contribution < 1.29 is 28.2 Å². The van der Waals surface area contributed by atoms with E-state index in [2.05, 4.69) is 10.1 Å². The average Bonchev–Trinajstić information content (AvgIpc) is 2.96. The molecule has 7 nitrogen and oxygen atoms in total. The van der Waals surface area contributed by atoms with Crippen molar-refractivity contribution in [2.75, 3.05) is 13.7 Å². The number of hydrogen-bond donors (Lipinski definition) is 1.